The first-order chi connectivity index (χ1) is 4.67. The molecule has 0 aliphatic rings. The Kier molecular flexibility index (Phi) is 1.62. The highest BCUT2D eigenvalue weighted by atomic mass is 19.3. The van der Waals surface area contributed by atoms with Crippen molar-refractivity contribution in [1.82, 2.24) is 15.0 Å². The Morgan fingerprint density at radius 1 is 1.60 bits per heavy atom. The molecule has 1 N–H and O–H groups in total. The minimum absolute atomic E-state index is 0.299. The summed E-state index contributed by atoms with van der Waals surface area (Å²) in [6.45, 7) is -1.27. The normalized spacial score (nSPS) is 11.9. The molecule has 1 heterocycles. The van der Waals surface area contributed by atoms with E-state index < -0.39 is 12.7 Å². The summed E-state index contributed by atoms with van der Waals surface area (Å²) in [5, 5.41) is 14.3. The maximum atomic E-state index is 12.3. The zero-order valence-electron chi connectivity index (χ0n) is 4.91. The molecule has 0 fully saturated rings. The number of aromatic nitrogens is 3. The van der Waals surface area contributed by atoms with Gasteiger partial charge in [0.05, 0.1) is 12.4 Å². The first-order valence-corrected chi connectivity index (χ1v) is 2.52. The van der Waals surface area contributed by atoms with Crippen LogP contribution in [0.2, 0.25) is 0 Å². The lowest BCUT2D eigenvalue weighted by Gasteiger charge is -2.10. The van der Waals surface area contributed by atoms with Crippen LogP contribution in [-0.4, -0.2) is 26.7 Å². The maximum absolute atomic E-state index is 12.3. The van der Waals surface area contributed by atoms with Gasteiger partial charge in [0, 0.05) is 0 Å². The van der Waals surface area contributed by atoms with Crippen LogP contribution in [0.25, 0.3) is 0 Å². The molecule has 0 amide bonds. The summed E-state index contributed by atoms with van der Waals surface area (Å²) in [6, 6.07) is -3.34. The number of halogens is 2. The molecule has 0 unspecified atom stereocenters. The molecule has 10 heavy (non-hydrogen) atoms. The highest BCUT2D eigenvalue weighted by Gasteiger charge is 2.30. The Morgan fingerprint density at radius 2 is 2.30 bits per heavy atom. The third-order valence-electron chi connectivity index (χ3n) is 0.948. The van der Waals surface area contributed by atoms with Crippen molar-refractivity contribution in [3.05, 3.63) is 12.4 Å². The van der Waals surface area contributed by atoms with Crippen molar-refractivity contribution in [3.63, 3.8) is 0 Å². The minimum Gasteiger partial charge on any atom is -0.388 e. The fourth-order valence-corrected chi connectivity index (χ4v) is 0.455. The molecule has 0 spiro atoms. The second-order valence-electron chi connectivity index (χ2n) is 1.67. The van der Waals surface area contributed by atoms with Crippen molar-refractivity contribution >= 4 is 0 Å². The fourth-order valence-electron chi connectivity index (χ4n) is 0.455. The van der Waals surface area contributed by atoms with E-state index in [0.29, 0.717) is 4.68 Å². The van der Waals surface area contributed by atoms with Crippen LogP contribution in [-0.2, 0) is 6.05 Å². The topological polar surface area (TPSA) is 50.9 Å². The van der Waals surface area contributed by atoms with Gasteiger partial charge < -0.3 is 5.11 Å². The van der Waals surface area contributed by atoms with Gasteiger partial charge in [0.1, 0.15) is 6.61 Å². The highest BCUT2D eigenvalue weighted by Crippen LogP contribution is 2.16. The first kappa shape index (κ1) is 7.07. The second-order valence-corrected chi connectivity index (χ2v) is 1.67. The van der Waals surface area contributed by atoms with Gasteiger partial charge in [0.25, 0.3) is 0 Å². The Bertz CT molecular complexity index is 198. The third kappa shape index (κ3) is 1.10. The monoisotopic (exact) mass is 149 g/mol. The van der Waals surface area contributed by atoms with Gasteiger partial charge in [0.15, 0.2) is 0 Å². The minimum atomic E-state index is -3.34. The number of alkyl halides is 2. The molecule has 0 aliphatic heterocycles. The van der Waals surface area contributed by atoms with E-state index in [1.54, 1.807) is 0 Å². The quantitative estimate of drug-likeness (QED) is 0.634. The molecule has 0 aromatic carbocycles. The number of hydrogen-bond acceptors (Lipinski definition) is 3. The highest BCUT2D eigenvalue weighted by molar-refractivity contribution is 4.70. The fraction of sp³-hybridized carbons (Fsp3) is 0.500. The number of rotatable bonds is 2. The standard InChI is InChI=1S/C4H5F2N3O/c5-4(6,3-10)9-2-1-7-8-9/h1-2,10H,3H2. The largest absolute Gasteiger partial charge is 0.388 e. The van der Waals surface area contributed by atoms with E-state index in [-0.39, 0.29) is 0 Å². The molecule has 1 aromatic rings. The SMILES string of the molecule is OCC(F)(F)n1ccnn1. The van der Waals surface area contributed by atoms with Crippen molar-refractivity contribution < 1.29 is 13.9 Å². The Hall–Kier alpha value is -1.04. The van der Waals surface area contributed by atoms with Crippen LogP contribution in [0.4, 0.5) is 8.78 Å². The molecule has 1 rings (SSSR count). The van der Waals surface area contributed by atoms with Gasteiger partial charge in [-0.25, -0.2) is 0 Å². The van der Waals surface area contributed by atoms with Gasteiger partial charge in [-0.15, -0.1) is 5.10 Å². The summed E-state index contributed by atoms with van der Waals surface area (Å²) in [6.07, 6.45) is 2.10. The van der Waals surface area contributed by atoms with E-state index in [1.807, 2.05) is 0 Å². The van der Waals surface area contributed by atoms with Crippen LogP contribution >= 0.6 is 0 Å². The van der Waals surface area contributed by atoms with Gasteiger partial charge in [0.2, 0.25) is 0 Å². The average Bonchev–Trinajstić information content (AvgIpc) is 2.38. The van der Waals surface area contributed by atoms with Crippen LogP contribution in [0.15, 0.2) is 12.4 Å². The Labute approximate surface area is 55.1 Å². The van der Waals surface area contributed by atoms with Gasteiger partial charge in [-0.2, -0.15) is 13.5 Å². The van der Waals surface area contributed by atoms with Gasteiger partial charge in [-0.1, -0.05) is 5.21 Å². The van der Waals surface area contributed by atoms with Crippen LogP contribution in [0.3, 0.4) is 0 Å². The number of hydrogen-bond donors (Lipinski definition) is 1. The Balaban J connectivity index is 2.85. The van der Waals surface area contributed by atoms with E-state index in [4.69, 9.17) is 5.11 Å². The molecule has 0 saturated carbocycles. The molecule has 4 nitrogen and oxygen atoms in total. The maximum Gasteiger partial charge on any atom is 0.367 e. The summed E-state index contributed by atoms with van der Waals surface area (Å²) in [7, 11) is 0. The lowest BCUT2D eigenvalue weighted by atomic mass is 10.6. The van der Waals surface area contributed by atoms with Crippen molar-refractivity contribution in [2.45, 2.75) is 6.05 Å². The van der Waals surface area contributed by atoms with Crippen molar-refractivity contribution in [2.75, 3.05) is 6.61 Å². The van der Waals surface area contributed by atoms with E-state index in [0.717, 1.165) is 12.4 Å². The number of aliphatic hydroxyl groups is 1. The molecule has 0 saturated heterocycles. The number of aliphatic hydroxyl groups excluding tert-OH is 1. The zero-order chi connectivity index (χ0) is 7.61. The van der Waals surface area contributed by atoms with E-state index in [2.05, 4.69) is 10.3 Å². The van der Waals surface area contributed by atoms with E-state index in [9.17, 15) is 8.78 Å². The van der Waals surface area contributed by atoms with Crippen LogP contribution < -0.4 is 0 Å². The molecular weight excluding hydrogens is 144 g/mol. The lowest BCUT2D eigenvalue weighted by Crippen LogP contribution is -2.27. The predicted molar refractivity (Wildman–Crippen MR) is 27.3 cm³/mol. The third-order valence-corrected chi connectivity index (χ3v) is 0.948. The van der Waals surface area contributed by atoms with Crippen molar-refractivity contribution in [1.29, 1.82) is 0 Å². The molecule has 56 valence electrons. The van der Waals surface area contributed by atoms with Gasteiger partial charge in [-0.3, -0.25) is 0 Å². The van der Waals surface area contributed by atoms with E-state index >= 15 is 0 Å². The predicted octanol–water partition coefficient (Wildman–Crippen LogP) is -0.180. The van der Waals surface area contributed by atoms with Crippen LogP contribution in [0, 0.1) is 0 Å². The summed E-state index contributed by atoms with van der Waals surface area (Å²) >= 11 is 0. The first-order valence-electron chi connectivity index (χ1n) is 2.52. The zero-order valence-corrected chi connectivity index (χ0v) is 4.91. The summed E-state index contributed by atoms with van der Waals surface area (Å²) in [5.74, 6) is 0. The smallest absolute Gasteiger partial charge is 0.367 e. The summed E-state index contributed by atoms with van der Waals surface area (Å²) in [5.41, 5.74) is 0. The molecule has 0 aliphatic carbocycles. The molecule has 0 bridgehead atoms. The van der Waals surface area contributed by atoms with Gasteiger partial charge in [-0.05, 0) is 0 Å². The van der Waals surface area contributed by atoms with Crippen molar-refractivity contribution in [2.24, 2.45) is 0 Å². The summed E-state index contributed by atoms with van der Waals surface area (Å²) < 4.78 is 25.0. The lowest BCUT2D eigenvalue weighted by molar-refractivity contribution is -0.131. The molecular formula is C4H5F2N3O. The molecule has 0 atom stereocenters. The average molecular weight is 149 g/mol. The summed E-state index contributed by atoms with van der Waals surface area (Å²) in [4.78, 5) is 0. The van der Waals surface area contributed by atoms with Crippen LogP contribution in [0.5, 0.6) is 0 Å². The second kappa shape index (κ2) is 2.30. The Morgan fingerprint density at radius 3 is 2.70 bits per heavy atom. The van der Waals surface area contributed by atoms with E-state index in [1.165, 1.54) is 0 Å². The molecule has 0 radical (unpaired) electrons. The van der Waals surface area contributed by atoms with Crippen LogP contribution in [0.1, 0.15) is 0 Å². The van der Waals surface area contributed by atoms with Crippen molar-refractivity contribution in [3.8, 4) is 0 Å². The molecule has 6 heteroatoms. The number of nitrogens with zero attached hydrogens (tertiary/aromatic N) is 3. The van der Waals surface area contributed by atoms with Gasteiger partial charge >= 0.3 is 6.05 Å². The molecule has 1 aromatic heterocycles.